The first-order valence-electron chi connectivity index (χ1n) is 7.21. The lowest BCUT2D eigenvalue weighted by molar-refractivity contribution is -0.140. The van der Waals surface area contributed by atoms with Crippen molar-refractivity contribution < 1.29 is 9.59 Å². The third-order valence-corrected chi connectivity index (χ3v) is 4.20. The zero-order chi connectivity index (χ0) is 14.3. The Hall–Kier alpha value is -1.90. The Balaban J connectivity index is 1.99. The van der Waals surface area contributed by atoms with Crippen LogP contribution in [-0.4, -0.2) is 16.7 Å². The van der Waals surface area contributed by atoms with Crippen LogP contribution in [0, 0.1) is 11.8 Å². The molecule has 3 rings (SSSR count). The molecule has 0 radical (unpaired) electrons. The molecule has 1 aliphatic heterocycles. The van der Waals surface area contributed by atoms with Crippen LogP contribution in [0.4, 0.5) is 0 Å². The van der Waals surface area contributed by atoms with Crippen molar-refractivity contribution in [3.8, 4) is 0 Å². The third-order valence-electron chi connectivity index (χ3n) is 4.20. The summed E-state index contributed by atoms with van der Waals surface area (Å²) in [6.45, 7) is 4.37. The molecule has 0 saturated carbocycles. The fourth-order valence-corrected chi connectivity index (χ4v) is 3.51. The van der Waals surface area contributed by atoms with Crippen molar-refractivity contribution in [2.75, 3.05) is 0 Å². The summed E-state index contributed by atoms with van der Waals surface area (Å²) in [6, 6.07) is 8.09. The van der Waals surface area contributed by atoms with Crippen LogP contribution in [0.5, 0.6) is 0 Å². The molecule has 0 fully saturated rings. The summed E-state index contributed by atoms with van der Waals surface area (Å²) >= 11 is 0. The van der Waals surface area contributed by atoms with Gasteiger partial charge < -0.3 is 0 Å². The van der Waals surface area contributed by atoms with Gasteiger partial charge in [0.1, 0.15) is 0 Å². The topological polar surface area (TPSA) is 37.4 Å². The van der Waals surface area contributed by atoms with Crippen LogP contribution in [0.25, 0.3) is 0 Å². The van der Waals surface area contributed by atoms with E-state index in [0.29, 0.717) is 11.8 Å². The summed E-state index contributed by atoms with van der Waals surface area (Å²) in [5.41, 5.74) is 2.42. The van der Waals surface area contributed by atoms with E-state index in [4.69, 9.17) is 0 Å². The van der Waals surface area contributed by atoms with E-state index in [2.05, 4.69) is 26.0 Å². The molecule has 0 saturated heterocycles. The smallest absolute Gasteiger partial charge is 0.254 e. The van der Waals surface area contributed by atoms with Crippen LogP contribution in [0.3, 0.4) is 0 Å². The average molecular weight is 269 g/mol. The molecule has 1 heterocycles. The van der Waals surface area contributed by atoms with Crippen LogP contribution in [0.15, 0.2) is 36.4 Å². The minimum atomic E-state index is -0.176. The van der Waals surface area contributed by atoms with Crippen molar-refractivity contribution in [2.45, 2.75) is 32.7 Å². The second kappa shape index (κ2) is 4.89. The van der Waals surface area contributed by atoms with Gasteiger partial charge in [0, 0.05) is 12.2 Å². The molecule has 0 aromatic heterocycles. The zero-order valence-corrected chi connectivity index (χ0v) is 11.9. The molecule has 2 aliphatic rings. The summed E-state index contributed by atoms with van der Waals surface area (Å²) in [5, 5.41) is 0. The van der Waals surface area contributed by atoms with E-state index in [-0.39, 0.29) is 17.9 Å². The first-order valence-corrected chi connectivity index (χ1v) is 7.21. The lowest BCUT2D eigenvalue weighted by Crippen LogP contribution is -2.37. The molecular weight excluding hydrogens is 250 g/mol. The summed E-state index contributed by atoms with van der Waals surface area (Å²) < 4.78 is 0. The molecule has 0 bridgehead atoms. The Morgan fingerprint density at radius 3 is 2.45 bits per heavy atom. The molecule has 2 atom stereocenters. The Kier molecular flexibility index (Phi) is 3.20. The van der Waals surface area contributed by atoms with E-state index in [9.17, 15) is 9.59 Å². The van der Waals surface area contributed by atoms with Gasteiger partial charge in [-0.1, -0.05) is 38.1 Å². The van der Waals surface area contributed by atoms with Crippen molar-refractivity contribution in [2.24, 2.45) is 11.8 Å². The number of carbonyl (C=O) groups is 2. The highest BCUT2D eigenvalue weighted by atomic mass is 16.2. The Morgan fingerprint density at radius 2 is 1.80 bits per heavy atom. The van der Waals surface area contributed by atoms with Crippen molar-refractivity contribution in [3.05, 3.63) is 47.5 Å². The standard InChI is InChI=1S/C17H19NO2/c1-11(2)9-13-10-12-5-3-4-6-14(12)17(13)18-15(19)7-8-16(18)20/h3-8,11,13,17H,9-10H2,1-2H3/t13-,17-/m0/s1. The van der Waals surface area contributed by atoms with Gasteiger partial charge in [-0.2, -0.15) is 0 Å². The minimum absolute atomic E-state index is 0.0939. The average Bonchev–Trinajstić information content (AvgIpc) is 2.89. The van der Waals surface area contributed by atoms with E-state index in [1.165, 1.54) is 22.6 Å². The number of hydrogen-bond acceptors (Lipinski definition) is 2. The van der Waals surface area contributed by atoms with Crippen LogP contribution in [-0.2, 0) is 16.0 Å². The normalized spacial score (nSPS) is 24.9. The van der Waals surface area contributed by atoms with Crippen LogP contribution >= 0.6 is 0 Å². The number of imide groups is 1. The summed E-state index contributed by atoms with van der Waals surface area (Å²) in [7, 11) is 0. The second-order valence-corrected chi connectivity index (χ2v) is 6.12. The monoisotopic (exact) mass is 269 g/mol. The van der Waals surface area contributed by atoms with Crippen molar-refractivity contribution in [1.82, 2.24) is 4.90 Å². The number of carbonyl (C=O) groups excluding carboxylic acids is 2. The van der Waals surface area contributed by atoms with E-state index < -0.39 is 0 Å². The molecule has 0 N–H and O–H groups in total. The number of rotatable bonds is 3. The first kappa shape index (κ1) is 13.1. The molecule has 2 amide bonds. The quantitative estimate of drug-likeness (QED) is 0.791. The maximum atomic E-state index is 12.0. The van der Waals surface area contributed by atoms with Crippen molar-refractivity contribution in [3.63, 3.8) is 0 Å². The van der Waals surface area contributed by atoms with Gasteiger partial charge in [0.15, 0.2) is 0 Å². The van der Waals surface area contributed by atoms with Gasteiger partial charge in [0.2, 0.25) is 0 Å². The van der Waals surface area contributed by atoms with Gasteiger partial charge in [-0.3, -0.25) is 14.5 Å². The van der Waals surface area contributed by atoms with Crippen LogP contribution < -0.4 is 0 Å². The fourth-order valence-electron chi connectivity index (χ4n) is 3.51. The predicted molar refractivity (Wildman–Crippen MR) is 76.8 cm³/mol. The molecule has 1 aliphatic carbocycles. The van der Waals surface area contributed by atoms with E-state index >= 15 is 0 Å². The molecular formula is C17H19NO2. The largest absolute Gasteiger partial charge is 0.269 e. The minimum Gasteiger partial charge on any atom is -0.269 e. The maximum absolute atomic E-state index is 12.0. The van der Waals surface area contributed by atoms with Gasteiger partial charge in [-0.25, -0.2) is 0 Å². The van der Waals surface area contributed by atoms with Crippen molar-refractivity contribution >= 4 is 11.8 Å². The van der Waals surface area contributed by atoms with Gasteiger partial charge >= 0.3 is 0 Å². The van der Waals surface area contributed by atoms with Gasteiger partial charge in [-0.05, 0) is 35.8 Å². The molecule has 0 spiro atoms. The molecule has 20 heavy (non-hydrogen) atoms. The molecule has 0 unspecified atom stereocenters. The number of benzene rings is 1. The number of fused-ring (bicyclic) bond motifs is 1. The van der Waals surface area contributed by atoms with Gasteiger partial charge in [0.25, 0.3) is 11.8 Å². The first-order chi connectivity index (χ1) is 9.58. The van der Waals surface area contributed by atoms with Gasteiger partial charge in [0.05, 0.1) is 6.04 Å². The molecule has 104 valence electrons. The van der Waals surface area contributed by atoms with E-state index in [1.807, 2.05) is 12.1 Å². The number of amides is 2. The van der Waals surface area contributed by atoms with E-state index in [0.717, 1.165) is 18.4 Å². The van der Waals surface area contributed by atoms with E-state index in [1.54, 1.807) is 0 Å². The Labute approximate surface area is 119 Å². The SMILES string of the molecule is CC(C)C[C@H]1Cc2ccccc2[C@H]1N1C(=O)C=CC1=O. The maximum Gasteiger partial charge on any atom is 0.254 e. The lowest BCUT2D eigenvalue weighted by atomic mass is 9.90. The number of hydrogen-bond donors (Lipinski definition) is 0. The van der Waals surface area contributed by atoms with Crippen LogP contribution in [0.2, 0.25) is 0 Å². The summed E-state index contributed by atoms with van der Waals surface area (Å²) in [4.78, 5) is 25.5. The summed E-state index contributed by atoms with van der Waals surface area (Å²) in [5.74, 6) is 0.536. The second-order valence-electron chi connectivity index (χ2n) is 6.12. The zero-order valence-electron chi connectivity index (χ0n) is 11.9. The van der Waals surface area contributed by atoms with Crippen LogP contribution in [0.1, 0.15) is 37.4 Å². The lowest BCUT2D eigenvalue weighted by Gasteiger charge is -2.29. The molecule has 1 aromatic rings. The molecule has 3 nitrogen and oxygen atoms in total. The molecule has 1 aromatic carbocycles. The highest BCUT2D eigenvalue weighted by molar-refractivity contribution is 6.13. The fraction of sp³-hybridized carbons (Fsp3) is 0.412. The van der Waals surface area contributed by atoms with Crippen molar-refractivity contribution in [1.29, 1.82) is 0 Å². The van der Waals surface area contributed by atoms with Gasteiger partial charge in [-0.15, -0.1) is 0 Å². The predicted octanol–water partition coefficient (Wildman–Crippen LogP) is 2.87. The molecule has 3 heteroatoms. The Morgan fingerprint density at radius 1 is 1.15 bits per heavy atom. The summed E-state index contributed by atoms with van der Waals surface area (Å²) in [6.07, 6.45) is 4.75. The third kappa shape index (κ3) is 2.07. The highest BCUT2D eigenvalue weighted by Gasteiger charge is 2.42. The Bertz CT molecular complexity index is 570. The number of nitrogens with zero attached hydrogens (tertiary/aromatic N) is 1. The highest BCUT2D eigenvalue weighted by Crippen LogP contribution is 2.44.